The highest BCUT2D eigenvalue weighted by Gasteiger charge is 2.15. The zero-order valence-electron chi connectivity index (χ0n) is 11.8. The maximum absolute atomic E-state index is 11.6. The Bertz CT molecular complexity index is 764. The van der Waals surface area contributed by atoms with Crippen molar-refractivity contribution in [2.75, 3.05) is 5.32 Å². The summed E-state index contributed by atoms with van der Waals surface area (Å²) in [6.45, 7) is 0.376. The number of hydrazine groups is 1. The number of nitrogens with one attached hydrogen (secondary N) is 3. The topological polar surface area (TPSA) is 91.0 Å². The largest absolute Gasteiger partial charge is 0.380 e. The van der Waals surface area contributed by atoms with E-state index in [4.69, 9.17) is 46.1 Å². The van der Waals surface area contributed by atoms with Crippen LogP contribution < -0.4 is 16.6 Å². The summed E-state index contributed by atoms with van der Waals surface area (Å²) < 4.78 is 0. The van der Waals surface area contributed by atoms with Gasteiger partial charge in [-0.05, 0) is 35.9 Å². The summed E-state index contributed by atoms with van der Waals surface area (Å²) in [4.78, 5) is 11.6. The van der Waals surface area contributed by atoms with Gasteiger partial charge in [-0.3, -0.25) is 15.6 Å². The second-order valence-corrected chi connectivity index (χ2v) is 5.91. The fourth-order valence-electron chi connectivity index (χ4n) is 1.93. The van der Waals surface area contributed by atoms with Crippen LogP contribution in [0.2, 0.25) is 15.1 Å². The van der Waals surface area contributed by atoms with Gasteiger partial charge in [-0.25, -0.2) is 5.84 Å². The highest BCUT2D eigenvalue weighted by molar-refractivity contribution is 6.45. The smallest absolute Gasteiger partial charge is 0.283 e. The van der Waals surface area contributed by atoms with Gasteiger partial charge in [0.05, 0.1) is 0 Å². The lowest BCUT2D eigenvalue weighted by Gasteiger charge is -2.13. The van der Waals surface area contributed by atoms with Gasteiger partial charge in [0.25, 0.3) is 5.91 Å². The lowest BCUT2D eigenvalue weighted by molar-refractivity contribution is -0.114. The van der Waals surface area contributed by atoms with E-state index in [9.17, 15) is 4.79 Å². The minimum Gasteiger partial charge on any atom is -0.380 e. The van der Waals surface area contributed by atoms with E-state index in [-0.39, 0.29) is 5.71 Å². The Balaban J connectivity index is 2.26. The zero-order chi connectivity index (χ0) is 17.0. The molecule has 0 fully saturated rings. The number of halogens is 3. The Labute approximate surface area is 148 Å². The lowest BCUT2D eigenvalue weighted by atomic mass is 10.1. The van der Waals surface area contributed by atoms with E-state index in [2.05, 4.69) is 5.32 Å². The average Bonchev–Trinajstić information content (AvgIpc) is 2.52. The molecule has 0 saturated carbocycles. The molecule has 0 unspecified atom stereocenters. The number of anilines is 1. The van der Waals surface area contributed by atoms with Crippen molar-refractivity contribution in [1.29, 1.82) is 5.41 Å². The van der Waals surface area contributed by atoms with Gasteiger partial charge in [0.15, 0.2) is 0 Å². The van der Waals surface area contributed by atoms with Crippen molar-refractivity contribution in [3.05, 3.63) is 62.6 Å². The summed E-state index contributed by atoms with van der Waals surface area (Å²) in [5.41, 5.74) is 3.38. The maximum Gasteiger partial charge on any atom is 0.283 e. The first-order valence-corrected chi connectivity index (χ1v) is 7.63. The summed E-state index contributed by atoms with van der Waals surface area (Å²) >= 11 is 18.0. The number of carbonyl (C=O) groups is 1. The van der Waals surface area contributed by atoms with Crippen molar-refractivity contribution in [1.82, 2.24) is 5.43 Å². The van der Waals surface area contributed by atoms with Gasteiger partial charge in [-0.1, -0.05) is 40.9 Å². The van der Waals surface area contributed by atoms with Crippen molar-refractivity contribution in [3.63, 3.8) is 0 Å². The second-order valence-electron chi connectivity index (χ2n) is 4.63. The number of nitrogens with two attached hydrogens (primary N) is 1. The molecule has 2 aromatic carbocycles. The minimum absolute atomic E-state index is 0.270. The molecule has 0 spiro atoms. The van der Waals surface area contributed by atoms with Crippen molar-refractivity contribution in [2.45, 2.75) is 6.54 Å². The third-order valence-corrected chi connectivity index (χ3v) is 3.92. The van der Waals surface area contributed by atoms with Crippen LogP contribution in [0.15, 0.2) is 36.4 Å². The number of amides is 1. The van der Waals surface area contributed by atoms with Crippen LogP contribution >= 0.6 is 34.8 Å². The molecule has 0 aromatic heterocycles. The predicted octanol–water partition coefficient (Wildman–Crippen LogP) is 3.62. The van der Waals surface area contributed by atoms with Gasteiger partial charge >= 0.3 is 0 Å². The third kappa shape index (κ3) is 4.36. The summed E-state index contributed by atoms with van der Waals surface area (Å²) in [6.07, 6.45) is 0. The van der Waals surface area contributed by atoms with Crippen LogP contribution in [0.4, 0.5) is 5.69 Å². The number of hydrogen-bond acceptors (Lipinski definition) is 4. The Kier molecular flexibility index (Phi) is 5.85. The van der Waals surface area contributed by atoms with Gasteiger partial charge < -0.3 is 5.32 Å². The predicted molar refractivity (Wildman–Crippen MR) is 94.4 cm³/mol. The number of benzene rings is 2. The molecule has 5 N–H and O–H groups in total. The molecule has 23 heavy (non-hydrogen) atoms. The van der Waals surface area contributed by atoms with Gasteiger partial charge in [-0.15, -0.1) is 0 Å². The van der Waals surface area contributed by atoms with Crippen molar-refractivity contribution in [3.8, 4) is 0 Å². The Hall–Kier alpha value is -1.79. The molecule has 0 aliphatic rings. The molecule has 0 aliphatic heterocycles. The second kappa shape index (κ2) is 7.66. The molecule has 0 bridgehead atoms. The number of carbonyl (C=O) groups excluding carboxylic acids is 1. The Morgan fingerprint density at radius 1 is 1.09 bits per heavy atom. The summed E-state index contributed by atoms with van der Waals surface area (Å²) in [6, 6.07) is 9.95. The van der Waals surface area contributed by atoms with Crippen LogP contribution in [0.3, 0.4) is 0 Å². The first-order chi connectivity index (χ1) is 10.9. The van der Waals surface area contributed by atoms with Gasteiger partial charge in [0, 0.05) is 32.9 Å². The molecule has 0 radical (unpaired) electrons. The maximum atomic E-state index is 11.6. The summed E-state index contributed by atoms with van der Waals surface area (Å²) in [5, 5.41) is 12.5. The Morgan fingerprint density at radius 2 is 1.74 bits per heavy atom. The van der Waals surface area contributed by atoms with Crippen LogP contribution in [-0.4, -0.2) is 11.6 Å². The first kappa shape index (κ1) is 17.6. The van der Waals surface area contributed by atoms with Crippen LogP contribution in [0.25, 0.3) is 0 Å². The highest BCUT2D eigenvalue weighted by atomic mass is 35.5. The van der Waals surface area contributed by atoms with Crippen LogP contribution in [-0.2, 0) is 11.3 Å². The monoisotopic (exact) mass is 370 g/mol. The van der Waals surface area contributed by atoms with E-state index in [1.165, 1.54) is 0 Å². The van der Waals surface area contributed by atoms with Crippen LogP contribution in [0.1, 0.15) is 11.1 Å². The van der Waals surface area contributed by atoms with E-state index in [0.717, 1.165) is 5.56 Å². The van der Waals surface area contributed by atoms with Gasteiger partial charge in [0.1, 0.15) is 5.71 Å². The molecule has 8 heteroatoms. The van der Waals surface area contributed by atoms with Crippen molar-refractivity contribution >= 4 is 52.1 Å². The quantitative estimate of drug-likeness (QED) is 0.280. The highest BCUT2D eigenvalue weighted by Crippen LogP contribution is 2.25. The standard InChI is InChI=1S/C15H13Cl3N4O/c16-9-2-1-8(12(18)5-9)7-21-13-6-10(17)3-4-11(13)14(19)15(23)22-20/h1-6,19,21H,7,20H2,(H,22,23). The van der Waals surface area contributed by atoms with Gasteiger partial charge in [0.2, 0.25) is 0 Å². The zero-order valence-corrected chi connectivity index (χ0v) is 14.1. The molecule has 0 aliphatic carbocycles. The summed E-state index contributed by atoms with van der Waals surface area (Å²) in [7, 11) is 0. The molecule has 5 nitrogen and oxygen atoms in total. The van der Waals surface area contributed by atoms with E-state index >= 15 is 0 Å². The first-order valence-electron chi connectivity index (χ1n) is 6.49. The lowest BCUT2D eigenvalue weighted by Crippen LogP contribution is -2.36. The fourth-order valence-corrected chi connectivity index (χ4v) is 2.58. The fraction of sp³-hybridized carbons (Fsp3) is 0.0667. The summed E-state index contributed by atoms with van der Waals surface area (Å²) in [5.74, 6) is 4.38. The average molecular weight is 372 g/mol. The van der Waals surface area contributed by atoms with Crippen LogP contribution in [0, 0.1) is 5.41 Å². The van der Waals surface area contributed by atoms with Crippen molar-refractivity contribution in [2.24, 2.45) is 5.84 Å². The molecule has 0 saturated heterocycles. The minimum atomic E-state index is -0.695. The molecular formula is C15H13Cl3N4O. The molecule has 0 atom stereocenters. The molecule has 2 aromatic rings. The molecule has 0 heterocycles. The van der Waals surface area contributed by atoms with E-state index in [1.807, 2.05) is 5.43 Å². The molecule has 2 rings (SSSR count). The number of hydrogen-bond donors (Lipinski definition) is 4. The van der Waals surface area contributed by atoms with E-state index in [1.54, 1.807) is 36.4 Å². The normalized spacial score (nSPS) is 10.3. The van der Waals surface area contributed by atoms with E-state index < -0.39 is 5.91 Å². The van der Waals surface area contributed by atoms with E-state index in [0.29, 0.717) is 32.9 Å². The van der Waals surface area contributed by atoms with Crippen molar-refractivity contribution < 1.29 is 4.79 Å². The molecule has 120 valence electrons. The molecular weight excluding hydrogens is 359 g/mol. The SMILES string of the molecule is N=C(C(=O)NN)c1ccc(Cl)cc1NCc1ccc(Cl)cc1Cl. The number of rotatable bonds is 5. The molecule has 1 amide bonds. The third-order valence-electron chi connectivity index (χ3n) is 3.09. The van der Waals surface area contributed by atoms with Crippen LogP contribution in [0.5, 0.6) is 0 Å². The Morgan fingerprint density at radius 3 is 2.39 bits per heavy atom. The van der Waals surface area contributed by atoms with Gasteiger partial charge in [-0.2, -0.15) is 0 Å².